The van der Waals surface area contributed by atoms with Crippen molar-refractivity contribution in [3.05, 3.63) is 57.6 Å². The molecule has 154 valence electrons. The van der Waals surface area contributed by atoms with Gasteiger partial charge >= 0.3 is 11.6 Å². The molecule has 29 heavy (non-hydrogen) atoms. The van der Waals surface area contributed by atoms with E-state index in [-0.39, 0.29) is 5.82 Å². The summed E-state index contributed by atoms with van der Waals surface area (Å²) < 4.78 is 33.8. The molecule has 10 heteroatoms. The van der Waals surface area contributed by atoms with Crippen molar-refractivity contribution in [1.82, 2.24) is 9.55 Å². The number of fused-ring (bicyclic) bond motifs is 1. The zero-order chi connectivity index (χ0) is 20.8. The second-order valence-corrected chi connectivity index (χ2v) is 7.12. The zero-order valence-electron chi connectivity index (χ0n) is 15.2. The maximum Gasteiger partial charge on any atom is 0.351 e. The first-order chi connectivity index (χ1) is 13.8. The minimum absolute atomic E-state index is 0.0997. The molecule has 1 aromatic heterocycles. The van der Waals surface area contributed by atoms with E-state index < -0.39 is 42.6 Å². The summed E-state index contributed by atoms with van der Waals surface area (Å²) >= 11 is 0. The molecule has 0 radical (unpaired) electrons. The van der Waals surface area contributed by atoms with Crippen LogP contribution in [0.3, 0.4) is 0 Å². The predicted molar refractivity (Wildman–Crippen MR) is 96.9 cm³/mol. The Morgan fingerprint density at radius 1 is 1.31 bits per heavy atom. The summed E-state index contributed by atoms with van der Waals surface area (Å²) in [4.78, 5) is 28.3. The molecular formula is C19H19F2N3O5. The monoisotopic (exact) mass is 407 g/mol. The molecule has 3 atom stereocenters. The van der Waals surface area contributed by atoms with E-state index in [9.17, 15) is 23.5 Å². The van der Waals surface area contributed by atoms with E-state index in [4.69, 9.17) is 9.84 Å². The van der Waals surface area contributed by atoms with Crippen LogP contribution in [0.5, 0.6) is 0 Å². The molecule has 0 spiro atoms. The molecule has 1 unspecified atom stereocenters. The van der Waals surface area contributed by atoms with Crippen LogP contribution < -0.4 is 11.0 Å². The Morgan fingerprint density at radius 3 is 2.76 bits per heavy atom. The third kappa shape index (κ3) is 3.43. The van der Waals surface area contributed by atoms with E-state index in [0.717, 1.165) is 31.0 Å². The number of hydrogen-bond acceptors (Lipinski definition) is 6. The number of halogens is 2. The van der Waals surface area contributed by atoms with Crippen molar-refractivity contribution in [2.75, 3.05) is 11.9 Å². The molecule has 1 aliphatic carbocycles. The van der Waals surface area contributed by atoms with E-state index >= 15 is 0 Å². The van der Waals surface area contributed by atoms with Gasteiger partial charge in [-0.2, -0.15) is 13.8 Å². The fourth-order valence-corrected chi connectivity index (χ4v) is 3.68. The number of amides is 1. The molecule has 3 N–H and O–H groups in total. The molecule has 1 aromatic carbocycles. The van der Waals surface area contributed by atoms with Gasteiger partial charge in [0.1, 0.15) is 11.9 Å². The predicted octanol–water partition coefficient (Wildman–Crippen LogP) is 0.870. The topological polar surface area (TPSA) is 114 Å². The molecule has 2 aromatic rings. The third-order valence-corrected chi connectivity index (χ3v) is 5.24. The first-order valence-electron chi connectivity index (χ1n) is 9.16. The highest BCUT2D eigenvalue weighted by Crippen LogP contribution is 2.41. The fourth-order valence-electron chi connectivity index (χ4n) is 3.68. The molecule has 1 fully saturated rings. The summed E-state index contributed by atoms with van der Waals surface area (Å²) in [6, 6.07) is 6.56. The number of carbonyl (C=O) groups excluding carboxylic acids is 1. The van der Waals surface area contributed by atoms with Crippen molar-refractivity contribution >= 4 is 11.7 Å². The van der Waals surface area contributed by atoms with Crippen LogP contribution in [0.15, 0.2) is 35.3 Å². The maximum atomic E-state index is 14.2. The maximum absolute atomic E-state index is 14.2. The highest BCUT2D eigenvalue weighted by Gasteiger charge is 2.59. The number of nitrogens with zero attached hydrogens (tertiary/aromatic N) is 2. The number of rotatable bonds is 4. The Hall–Kier alpha value is -2.69. The number of aromatic nitrogens is 2. The van der Waals surface area contributed by atoms with Gasteiger partial charge in [0.05, 0.1) is 6.61 Å². The molecular weight excluding hydrogens is 388 g/mol. The van der Waals surface area contributed by atoms with E-state index in [2.05, 4.69) is 10.3 Å². The van der Waals surface area contributed by atoms with Crippen molar-refractivity contribution in [3.63, 3.8) is 0 Å². The number of anilines is 1. The van der Waals surface area contributed by atoms with Crippen molar-refractivity contribution in [3.8, 4) is 0 Å². The van der Waals surface area contributed by atoms with Crippen molar-refractivity contribution in [1.29, 1.82) is 0 Å². The molecule has 2 aliphatic rings. The minimum Gasteiger partial charge on any atom is -0.394 e. The van der Waals surface area contributed by atoms with Crippen LogP contribution >= 0.6 is 0 Å². The Kier molecular flexibility index (Phi) is 4.93. The summed E-state index contributed by atoms with van der Waals surface area (Å²) in [6.07, 6.45) is -1.98. The average Bonchev–Trinajstić information content (AvgIpc) is 3.24. The lowest BCUT2D eigenvalue weighted by Crippen LogP contribution is -2.41. The number of alkyl halides is 2. The fraction of sp³-hybridized carbons (Fsp3) is 0.421. The first-order valence-corrected chi connectivity index (χ1v) is 9.16. The van der Waals surface area contributed by atoms with Crippen LogP contribution in [0.25, 0.3) is 0 Å². The van der Waals surface area contributed by atoms with Gasteiger partial charge in [-0.25, -0.2) is 4.79 Å². The van der Waals surface area contributed by atoms with Gasteiger partial charge < -0.3 is 20.3 Å². The van der Waals surface area contributed by atoms with Gasteiger partial charge in [0.2, 0.25) is 6.23 Å². The van der Waals surface area contributed by atoms with Crippen LogP contribution in [0.1, 0.15) is 34.1 Å². The van der Waals surface area contributed by atoms with Gasteiger partial charge in [-0.05, 0) is 48.6 Å². The lowest BCUT2D eigenvalue weighted by atomic mass is 10.1. The highest BCUT2D eigenvalue weighted by atomic mass is 19.3. The SMILES string of the molecule is O=C(Nc1ccn(C2O[C@H](CO)[C@@H](O)C2(F)F)c(=O)n1)c1ccc2c(c1)CCC2. The standard InChI is InChI=1S/C19H19F2N3O5/c20-19(21)15(26)13(9-25)29-17(19)24-7-6-14(23-18(24)28)22-16(27)12-5-4-10-2-1-3-11(10)8-12/h4-8,13,15,17,25-26H,1-3,9H2,(H,22,23,27,28)/t13-,15-,17?/m1/s1. The van der Waals surface area contributed by atoms with Crippen molar-refractivity contribution in [2.45, 2.75) is 43.6 Å². The summed E-state index contributed by atoms with van der Waals surface area (Å²) in [5, 5.41) is 21.1. The molecule has 0 bridgehead atoms. The van der Waals surface area contributed by atoms with E-state index in [1.807, 2.05) is 6.07 Å². The number of hydrogen-bond donors (Lipinski definition) is 3. The van der Waals surface area contributed by atoms with Crippen LogP contribution in [0, 0.1) is 0 Å². The second kappa shape index (κ2) is 7.29. The minimum atomic E-state index is -3.80. The Balaban J connectivity index is 1.53. The summed E-state index contributed by atoms with van der Waals surface area (Å²) in [5.74, 6) is -4.37. The molecule has 0 saturated carbocycles. The lowest BCUT2D eigenvalue weighted by Gasteiger charge is -2.21. The normalized spacial score (nSPS) is 25.0. The van der Waals surface area contributed by atoms with Crippen LogP contribution in [0.2, 0.25) is 0 Å². The zero-order valence-corrected chi connectivity index (χ0v) is 15.2. The number of aryl methyl sites for hydroxylation is 2. The third-order valence-electron chi connectivity index (χ3n) is 5.24. The van der Waals surface area contributed by atoms with E-state index in [1.54, 1.807) is 12.1 Å². The van der Waals surface area contributed by atoms with Crippen molar-refractivity contribution < 1.29 is 28.5 Å². The largest absolute Gasteiger partial charge is 0.394 e. The Morgan fingerprint density at radius 2 is 2.07 bits per heavy atom. The number of ether oxygens (including phenoxy) is 1. The highest BCUT2D eigenvalue weighted by molar-refractivity contribution is 6.03. The Bertz CT molecular complexity index is 1010. The quantitative estimate of drug-likeness (QED) is 0.693. The Labute approximate surface area is 163 Å². The first kappa shape index (κ1) is 19.6. The van der Waals surface area contributed by atoms with E-state index in [0.29, 0.717) is 10.1 Å². The van der Waals surface area contributed by atoms with Gasteiger partial charge in [-0.15, -0.1) is 0 Å². The van der Waals surface area contributed by atoms with Gasteiger partial charge in [-0.1, -0.05) is 6.07 Å². The molecule has 4 rings (SSSR count). The van der Waals surface area contributed by atoms with Crippen molar-refractivity contribution in [2.24, 2.45) is 0 Å². The van der Waals surface area contributed by atoms with Gasteiger partial charge in [0.15, 0.2) is 6.10 Å². The molecule has 2 heterocycles. The summed E-state index contributed by atoms with van der Waals surface area (Å²) in [6.45, 7) is -0.829. The van der Waals surface area contributed by atoms with Gasteiger partial charge in [0, 0.05) is 11.8 Å². The van der Waals surface area contributed by atoms with Crippen LogP contribution in [-0.4, -0.2) is 50.4 Å². The smallest absolute Gasteiger partial charge is 0.351 e. The summed E-state index contributed by atoms with van der Waals surface area (Å²) in [5.41, 5.74) is 1.64. The number of carbonyl (C=O) groups is 1. The number of aliphatic hydroxyl groups is 2. The molecule has 8 nitrogen and oxygen atoms in total. The van der Waals surface area contributed by atoms with Gasteiger partial charge in [0.25, 0.3) is 5.91 Å². The number of benzene rings is 1. The number of nitrogens with one attached hydrogen (secondary N) is 1. The van der Waals surface area contributed by atoms with E-state index in [1.165, 1.54) is 11.6 Å². The molecule has 1 aliphatic heterocycles. The van der Waals surface area contributed by atoms with Crippen LogP contribution in [-0.2, 0) is 17.6 Å². The molecule has 1 saturated heterocycles. The van der Waals surface area contributed by atoms with Crippen LogP contribution in [0.4, 0.5) is 14.6 Å². The average molecular weight is 407 g/mol. The second-order valence-electron chi connectivity index (χ2n) is 7.12. The van der Waals surface area contributed by atoms with Gasteiger partial charge in [-0.3, -0.25) is 9.36 Å². The summed E-state index contributed by atoms with van der Waals surface area (Å²) in [7, 11) is 0. The number of aliphatic hydroxyl groups excluding tert-OH is 2. The molecule has 1 amide bonds. The lowest BCUT2D eigenvalue weighted by molar-refractivity contribution is -0.140.